The second-order valence-corrected chi connectivity index (χ2v) is 5.66. The highest BCUT2D eigenvalue weighted by atomic mass is 79.9. The fourth-order valence-electron chi connectivity index (χ4n) is 1.48. The van der Waals surface area contributed by atoms with E-state index < -0.39 is 0 Å². The van der Waals surface area contributed by atoms with Crippen LogP contribution in [0.15, 0.2) is 12.1 Å². The van der Waals surface area contributed by atoms with Gasteiger partial charge in [0.2, 0.25) is 0 Å². The monoisotopic (exact) mass is 317 g/mol. The molecule has 1 rings (SSSR count). The van der Waals surface area contributed by atoms with Gasteiger partial charge in [0, 0.05) is 23.0 Å². The van der Waals surface area contributed by atoms with E-state index in [1.165, 1.54) is 0 Å². The number of halogens is 1. The van der Waals surface area contributed by atoms with Gasteiger partial charge in [-0.15, -0.1) is 0 Å². The van der Waals surface area contributed by atoms with Crippen LogP contribution in [-0.4, -0.2) is 28.7 Å². The molecule has 102 valence electrons. The van der Waals surface area contributed by atoms with Crippen molar-refractivity contribution in [1.29, 1.82) is 0 Å². The zero-order valence-electron chi connectivity index (χ0n) is 10.9. The van der Waals surface area contributed by atoms with Gasteiger partial charge in [-0.3, -0.25) is 0 Å². The number of anilines is 1. The normalized spacial score (nSPS) is 12.6. The van der Waals surface area contributed by atoms with Gasteiger partial charge in [-0.1, -0.05) is 29.8 Å². The lowest BCUT2D eigenvalue weighted by molar-refractivity contribution is 0.274. The van der Waals surface area contributed by atoms with Crippen LogP contribution in [-0.2, 0) is 6.61 Å². The van der Waals surface area contributed by atoms with Crippen LogP contribution in [0.4, 0.5) is 5.69 Å². The second kappa shape index (κ2) is 6.85. The van der Waals surface area contributed by atoms with Crippen LogP contribution in [0.1, 0.15) is 19.4 Å². The average molecular weight is 318 g/mol. The molecule has 1 aromatic carbocycles. The minimum Gasteiger partial charge on any atom is -0.505 e. The number of methoxy groups -OCH3 is 1. The summed E-state index contributed by atoms with van der Waals surface area (Å²) in [7, 11) is 1.55. The molecule has 0 aliphatic carbocycles. The molecular formula is C13H20BrNO3. The highest BCUT2D eigenvalue weighted by Crippen LogP contribution is 2.33. The maximum absolute atomic E-state index is 9.97. The smallest absolute Gasteiger partial charge is 0.144 e. The molecule has 4 nitrogen and oxygen atoms in total. The van der Waals surface area contributed by atoms with Crippen LogP contribution in [0.3, 0.4) is 0 Å². The quantitative estimate of drug-likeness (QED) is 0.557. The third-order valence-corrected chi connectivity index (χ3v) is 4.16. The van der Waals surface area contributed by atoms with E-state index in [4.69, 9.17) is 4.74 Å². The summed E-state index contributed by atoms with van der Waals surface area (Å²) in [5.41, 5.74) is 1.02. The van der Waals surface area contributed by atoms with Crippen molar-refractivity contribution in [2.24, 2.45) is 5.92 Å². The van der Waals surface area contributed by atoms with Crippen molar-refractivity contribution in [1.82, 2.24) is 0 Å². The van der Waals surface area contributed by atoms with E-state index in [-0.39, 0.29) is 12.4 Å². The second-order valence-electron chi connectivity index (χ2n) is 4.48. The van der Waals surface area contributed by atoms with Crippen molar-refractivity contribution in [3.8, 4) is 11.5 Å². The molecule has 0 aromatic heterocycles. The molecule has 0 spiro atoms. The Morgan fingerprint density at radius 1 is 1.39 bits per heavy atom. The van der Waals surface area contributed by atoms with Crippen molar-refractivity contribution in [3.05, 3.63) is 17.7 Å². The third kappa shape index (κ3) is 3.78. The number of phenols is 1. The predicted molar refractivity (Wildman–Crippen MR) is 76.6 cm³/mol. The summed E-state index contributed by atoms with van der Waals surface area (Å²) < 4.78 is 5.13. The lowest BCUT2D eigenvalue weighted by atomic mass is 10.1. The number of alkyl halides is 1. The topological polar surface area (TPSA) is 61.7 Å². The highest BCUT2D eigenvalue weighted by molar-refractivity contribution is 9.09. The molecule has 0 saturated heterocycles. The van der Waals surface area contributed by atoms with E-state index in [0.29, 0.717) is 34.3 Å². The molecule has 0 aliphatic rings. The van der Waals surface area contributed by atoms with Gasteiger partial charge in [0.1, 0.15) is 11.5 Å². The summed E-state index contributed by atoms with van der Waals surface area (Å²) >= 11 is 3.57. The Hall–Kier alpha value is -0.940. The summed E-state index contributed by atoms with van der Waals surface area (Å²) in [5.74, 6) is 1.17. The molecule has 1 unspecified atom stereocenters. The molecule has 0 saturated carbocycles. The largest absolute Gasteiger partial charge is 0.505 e. The molecule has 0 radical (unpaired) electrons. The molecule has 1 atom stereocenters. The number of nitrogens with one attached hydrogen (secondary N) is 1. The van der Waals surface area contributed by atoms with Gasteiger partial charge in [0.15, 0.2) is 0 Å². The number of aliphatic hydroxyl groups excluding tert-OH is 1. The first-order valence-corrected chi connectivity index (χ1v) is 6.79. The third-order valence-electron chi connectivity index (χ3n) is 2.78. The Bertz CT molecular complexity index is 396. The number of hydrogen-bond acceptors (Lipinski definition) is 4. The van der Waals surface area contributed by atoms with E-state index in [1.54, 1.807) is 19.2 Å². The van der Waals surface area contributed by atoms with Gasteiger partial charge in [-0.25, -0.2) is 0 Å². The fraction of sp³-hybridized carbons (Fsp3) is 0.538. The fourth-order valence-corrected chi connectivity index (χ4v) is 1.64. The maximum Gasteiger partial charge on any atom is 0.144 e. The molecule has 1 aromatic rings. The number of aromatic hydroxyl groups is 1. The van der Waals surface area contributed by atoms with Gasteiger partial charge in [-0.05, 0) is 12.0 Å². The van der Waals surface area contributed by atoms with Crippen LogP contribution < -0.4 is 10.1 Å². The Kier molecular flexibility index (Phi) is 5.75. The van der Waals surface area contributed by atoms with E-state index in [1.807, 2.05) is 0 Å². The van der Waals surface area contributed by atoms with Crippen LogP contribution >= 0.6 is 15.9 Å². The van der Waals surface area contributed by atoms with Gasteiger partial charge < -0.3 is 20.3 Å². The van der Waals surface area contributed by atoms with Crippen molar-refractivity contribution < 1.29 is 14.9 Å². The zero-order valence-corrected chi connectivity index (χ0v) is 12.5. The van der Waals surface area contributed by atoms with Crippen LogP contribution in [0.2, 0.25) is 0 Å². The molecular weight excluding hydrogens is 298 g/mol. The summed E-state index contributed by atoms with van der Waals surface area (Å²) in [4.78, 5) is 0.306. The SMILES string of the molecule is COc1cc(CO)c(O)c(NCC(Br)C(C)C)c1. The number of aliphatic hydroxyl groups is 1. The number of ether oxygens (including phenoxy) is 1. The van der Waals surface area contributed by atoms with Gasteiger partial charge >= 0.3 is 0 Å². The van der Waals surface area contributed by atoms with Crippen LogP contribution in [0.25, 0.3) is 0 Å². The lowest BCUT2D eigenvalue weighted by Gasteiger charge is -2.17. The standard InChI is InChI=1S/C13H20BrNO3/c1-8(2)11(14)6-15-12-5-10(18-3)4-9(7-16)13(12)17/h4-5,8,11,15-17H,6-7H2,1-3H3. The summed E-state index contributed by atoms with van der Waals surface area (Å²) in [6.45, 7) is 4.69. The van der Waals surface area contributed by atoms with Gasteiger partial charge in [0.25, 0.3) is 0 Å². The highest BCUT2D eigenvalue weighted by Gasteiger charge is 2.13. The number of rotatable bonds is 6. The van der Waals surface area contributed by atoms with Crippen molar-refractivity contribution >= 4 is 21.6 Å². The van der Waals surface area contributed by atoms with Crippen molar-refractivity contribution in [3.63, 3.8) is 0 Å². The molecule has 0 bridgehead atoms. The number of hydrogen-bond donors (Lipinski definition) is 3. The summed E-state index contributed by atoms with van der Waals surface area (Å²) in [6, 6.07) is 3.34. The Balaban J connectivity index is 2.87. The predicted octanol–water partition coefficient (Wildman–Crippen LogP) is 2.72. The lowest BCUT2D eigenvalue weighted by Crippen LogP contribution is -2.19. The molecule has 0 heterocycles. The van der Waals surface area contributed by atoms with E-state index in [2.05, 4.69) is 35.1 Å². The molecule has 3 N–H and O–H groups in total. The van der Waals surface area contributed by atoms with Crippen molar-refractivity contribution in [2.75, 3.05) is 19.0 Å². The van der Waals surface area contributed by atoms with E-state index >= 15 is 0 Å². The van der Waals surface area contributed by atoms with Gasteiger partial charge in [-0.2, -0.15) is 0 Å². The van der Waals surface area contributed by atoms with Gasteiger partial charge in [0.05, 0.1) is 19.4 Å². The Morgan fingerprint density at radius 2 is 2.06 bits per heavy atom. The molecule has 18 heavy (non-hydrogen) atoms. The van der Waals surface area contributed by atoms with E-state index in [0.717, 1.165) is 0 Å². The molecule has 5 heteroatoms. The number of benzene rings is 1. The minimum absolute atomic E-state index is 0.0711. The zero-order chi connectivity index (χ0) is 13.7. The first-order valence-electron chi connectivity index (χ1n) is 5.88. The van der Waals surface area contributed by atoms with Crippen molar-refractivity contribution in [2.45, 2.75) is 25.3 Å². The summed E-state index contributed by atoms with van der Waals surface area (Å²) in [6.07, 6.45) is 0. The van der Waals surface area contributed by atoms with Crippen LogP contribution in [0, 0.1) is 5.92 Å². The van der Waals surface area contributed by atoms with Crippen LogP contribution in [0.5, 0.6) is 11.5 Å². The first kappa shape index (κ1) is 15.1. The average Bonchev–Trinajstić information content (AvgIpc) is 2.36. The molecule has 0 aliphatic heterocycles. The first-order chi connectivity index (χ1) is 8.49. The Labute approximate surface area is 116 Å². The maximum atomic E-state index is 9.97. The summed E-state index contributed by atoms with van der Waals surface area (Å²) in [5, 5.41) is 22.3. The minimum atomic E-state index is -0.223. The molecule has 0 fully saturated rings. The Morgan fingerprint density at radius 3 is 2.56 bits per heavy atom. The molecule has 0 amide bonds. The van der Waals surface area contributed by atoms with E-state index in [9.17, 15) is 10.2 Å².